The first kappa shape index (κ1) is 30.8. The largest absolute Gasteiger partial charge is 0.352 e. The average Bonchev–Trinajstić information content (AvgIpc) is 3.45. The molecule has 1 aliphatic carbocycles. The van der Waals surface area contributed by atoms with Gasteiger partial charge in [0, 0.05) is 12.6 Å². The first-order valence-electron chi connectivity index (χ1n) is 13.3. The van der Waals surface area contributed by atoms with Crippen molar-refractivity contribution in [1.82, 2.24) is 10.2 Å². The minimum absolute atomic E-state index is 0.00664. The van der Waals surface area contributed by atoms with Gasteiger partial charge in [0.2, 0.25) is 11.8 Å². The van der Waals surface area contributed by atoms with Crippen LogP contribution in [0.1, 0.15) is 43.7 Å². The summed E-state index contributed by atoms with van der Waals surface area (Å²) in [5.41, 5.74) is 1.78. The van der Waals surface area contributed by atoms with Crippen LogP contribution in [0, 0.1) is 12.7 Å². The number of nitrogens with zero attached hydrogens (tertiary/aromatic N) is 2. The predicted octanol–water partition coefficient (Wildman–Crippen LogP) is 6.11. The number of hydrogen-bond donors (Lipinski definition) is 1. The maximum absolute atomic E-state index is 14.0. The van der Waals surface area contributed by atoms with Gasteiger partial charge in [-0.2, -0.15) is 0 Å². The number of halogens is 3. The molecule has 3 aromatic carbocycles. The van der Waals surface area contributed by atoms with E-state index in [1.54, 1.807) is 49.4 Å². The zero-order valence-electron chi connectivity index (χ0n) is 22.8. The summed E-state index contributed by atoms with van der Waals surface area (Å²) in [4.78, 5) is 28.4. The first-order valence-corrected chi connectivity index (χ1v) is 15.5. The van der Waals surface area contributed by atoms with E-state index in [0.717, 1.165) is 59.8 Å². The van der Waals surface area contributed by atoms with E-state index in [2.05, 4.69) is 5.32 Å². The molecule has 0 aliphatic heterocycles. The van der Waals surface area contributed by atoms with Crippen LogP contribution in [-0.4, -0.2) is 43.8 Å². The summed E-state index contributed by atoms with van der Waals surface area (Å²) in [5, 5.41) is 3.66. The van der Waals surface area contributed by atoms with Gasteiger partial charge in [0.25, 0.3) is 10.0 Å². The zero-order valence-corrected chi connectivity index (χ0v) is 25.1. The second-order valence-corrected chi connectivity index (χ2v) is 12.9. The van der Waals surface area contributed by atoms with Gasteiger partial charge >= 0.3 is 0 Å². The number of nitrogens with one attached hydrogen (secondary N) is 1. The van der Waals surface area contributed by atoms with E-state index in [4.69, 9.17) is 23.2 Å². The highest BCUT2D eigenvalue weighted by molar-refractivity contribution is 7.92. The van der Waals surface area contributed by atoms with E-state index >= 15 is 0 Å². The Kier molecular flexibility index (Phi) is 9.94. The SMILES string of the molecule is Cc1ccc(N(CC(=O)N(Cc2ccc(Cl)c(Cl)c2)C(C)C(=O)NC2CCCC2)S(=O)(=O)c2ccc(F)cc2)cc1. The van der Waals surface area contributed by atoms with Gasteiger partial charge in [-0.1, -0.05) is 59.8 Å². The molecule has 0 saturated heterocycles. The van der Waals surface area contributed by atoms with Crippen LogP contribution in [0.5, 0.6) is 0 Å². The Labute approximate surface area is 250 Å². The summed E-state index contributed by atoms with van der Waals surface area (Å²) >= 11 is 12.3. The van der Waals surface area contributed by atoms with Gasteiger partial charge < -0.3 is 10.2 Å². The maximum atomic E-state index is 14.0. The van der Waals surface area contributed by atoms with Crippen molar-refractivity contribution in [3.05, 3.63) is 93.7 Å². The van der Waals surface area contributed by atoms with Crippen LogP contribution in [0.3, 0.4) is 0 Å². The first-order chi connectivity index (χ1) is 19.5. The van der Waals surface area contributed by atoms with E-state index in [9.17, 15) is 22.4 Å². The lowest BCUT2D eigenvalue weighted by atomic mass is 10.1. The zero-order chi connectivity index (χ0) is 29.7. The minimum atomic E-state index is -4.28. The summed E-state index contributed by atoms with van der Waals surface area (Å²) < 4.78 is 42.1. The number of aryl methyl sites for hydroxylation is 1. The molecule has 0 heterocycles. The number of benzene rings is 3. The van der Waals surface area contributed by atoms with Crippen LogP contribution in [0.2, 0.25) is 10.0 Å². The third-order valence-electron chi connectivity index (χ3n) is 7.21. The third kappa shape index (κ3) is 7.58. The Bertz CT molecular complexity index is 1500. The number of hydrogen-bond acceptors (Lipinski definition) is 4. The van der Waals surface area contributed by atoms with Gasteiger partial charge in [0.1, 0.15) is 18.4 Å². The third-order valence-corrected chi connectivity index (χ3v) is 9.74. The van der Waals surface area contributed by atoms with Crippen LogP contribution in [0.25, 0.3) is 0 Å². The molecule has 3 aromatic rings. The molecule has 0 radical (unpaired) electrons. The molecule has 1 aliphatic rings. The van der Waals surface area contributed by atoms with Gasteiger partial charge in [-0.05, 0) is 80.8 Å². The van der Waals surface area contributed by atoms with E-state index < -0.39 is 34.3 Å². The quantitative estimate of drug-likeness (QED) is 0.296. The molecule has 41 heavy (non-hydrogen) atoms. The highest BCUT2D eigenvalue weighted by Gasteiger charge is 2.33. The molecule has 1 saturated carbocycles. The molecule has 2 amide bonds. The average molecular weight is 621 g/mol. The van der Waals surface area contributed by atoms with Crippen LogP contribution < -0.4 is 9.62 Å². The summed E-state index contributed by atoms with van der Waals surface area (Å²) in [5.74, 6) is -1.51. The number of rotatable bonds is 10. The number of sulfonamides is 1. The Morgan fingerprint density at radius 2 is 1.61 bits per heavy atom. The van der Waals surface area contributed by atoms with Crippen LogP contribution in [0.4, 0.5) is 10.1 Å². The van der Waals surface area contributed by atoms with Crippen molar-refractivity contribution >= 4 is 50.7 Å². The standard InChI is InChI=1S/C30H32Cl2FN3O4S/c1-20-7-12-25(13-8-20)36(41(39,40)26-14-10-23(33)11-15-26)19-29(37)35(18-22-9-16-27(31)28(32)17-22)21(2)30(38)34-24-5-3-4-6-24/h7-17,21,24H,3-6,18-19H2,1-2H3,(H,34,38). The molecule has 1 fully saturated rings. The molecule has 0 aromatic heterocycles. The lowest BCUT2D eigenvalue weighted by Crippen LogP contribution is -2.52. The number of carbonyl (C=O) groups excluding carboxylic acids is 2. The van der Waals surface area contributed by atoms with Crippen molar-refractivity contribution in [3.8, 4) is 0 Å². The molecule has 218 valence electrons. The van der Waals surface area contributed by atoms with E-state index in [1.165, 1.54) is 4.90 Å². The molecule has 7 nitrogen and oxygen atoms in total. The molecule has 1 unspecified atom stereocenters. The molecular formula is C30H32Cl2FN3O4S. The highest BCUT2D eigenvalue weighted by atomic mass is 35.5. The Morgan fingerprint density at radius 3 is 2.22 bits per heavy atom. The smallest absolute Gasteiger partial charge is 0.264 e. The number of carbonyl (C=O) groups is 2. The predicted molar refractivity (Wildman–Crippen MR) is 159 cm³/mol. The molecule has 4 rings (SSSR count). The maximum Gasteiger partial charge on any atom is 0.264 e. The molecular weight excluding hydrogens is 588 g/mol. The normalized spacial score (nSPS) is 14.5. The Hall–Kier alpha value is -3.14. The van der Waals surface area contributed by atoms with Gasteiger partial charge in [0.15, 0.2) is 0 Å². The van der Waals surface area contributed by atoms with Gasteiger partial charge in [-0.15, -0.1) is 0 Å². The summed E-state index contributed by atoms with van der Waals surface area (Å²) in [6.07, 6.45) is 3.79. The van der Waals surface area contributed by atoms with Crippen LogP contribution >= 0.6 is 23.2 Å². The second-order valence-electron chi connectivity index (χ2n) is 10.2. The van der Waals surface area contributed by atoms with Crippen molar-refractivity contribution in [2.75, 3.05) is 10.8 Å². The summed E-state index contributed by atoms with van der Waals surface area (Å²) in [6, 6.07) is 15.1. The van der Waals surface area contributed by atoms with E-state index in [1.807, 2.05) is 6.92 Å². The van der Waals surface area contributed by atoms with Crippen LogP contribution in [0.15, 0.2) is 71.6 Å². The van der Waals surface area contributed by atoms with Gasteiger partial charge in [-0.25, -0.2) is 12.8 Å². The van der Waals surface area contributed by atoms with Crippen molar-refractivity contribution in [3.63, 3.8) is 0 Å². The monoisotopic (exact) mass is 619 g/mol. The fraction of sp³-hybridized carbons (Fsp3) is 0.333. The van der Waals surface area contributed by atoms with Crippen molar-refractivity contribution in [1.29, 1.82) is 0 Å². The van der Waals surface area contributed by atoms with Crippen molar-refractivity contribution in [2.24, 2.45) is 0 Å². The highest BCUT2D eigenvalue weighted by Crippen LogP contribution is 2.27. The topological polar surface area (TPSA) is 86.8 Å². The lowest BCUT2D eigenvalue weighted by molar-refractivity contribution is -0.139. The van der Waals surface area contributed by atoms with Crippen LogP contribution in [-0.2, 0) is 26.2 Å². The van der Waals surface area contributed by atoms with Gasteiger partial charge in [0.05, 0.1) is 20.6 Å². The molecule has 1 N–H and O–H groups in total. The van der Waals surface area contributed by atoms with Crippen molar-refractivity contribution in [2.45, 2.75) is 63.1 Å². The molecule has 0 bridgehead atoms. The Morgan fingerprint density at radius 1 is 0.976 bits per heavy atom. The summed E-state index contributed by atoms with van der Waals surface area (Å²) in [7, 11) is -4.28. The van der Waals surface area contributed by atoms with Crippen molar-refractivity contribution < 1.29 is 22.4 Å². The summed E-state index contributed by atoms with van der Waals surface area (Å²) in [6.45, 7) is 2.88. The Balaban J connectivity index is 1.69. The fourth-order valence-corrected chi connectivity index (χ4v) is 6.52. The lowest BCUT2D eigenvalue weighted by Gasteiger charge is -2.32. The minimum Gasteiger partial charge on any atom is -0.352 e. The number of amides is 2. The fourth-order valence-electron chi connectivity index (χ4n) is 4.78. The second kappa shape index (κ2) is 13.2. The number of anilines is 1. The molecule has 0 spiro atoms. The van der Waals surface area contributed by atoms with E-state index in [-0.39, 0.29) is 29.1 Å². The molecule has 1 atom stereocenters. The van der Waals surface area contributed by atoms with E-state index in [0.29, 0.717) is 15.6 Å². The molecule has 11 heteroatoms. The van der Waals surface area contributed by atoms with Gasteiger partial charge in [-0.3, -0.25) is 13.9 Å².